The van der Waals surface area contributed by atoms with E-state index in [1.807, 2.05) is 0 Å². The van der Waals surface area contributed by atoms with Crippen LogP contribution in [0.15, 0.2) is 31.0 Å². The molecule has 0 saturated carbocycles. The molecule has 3 rings (SSSR count). The van der Waals surface area contributed by atoms with Crippen molar-refractivity contribution in [3.05, 3.63) is 42.2 Å². The number of fused-ring (bicyclic) bond motifs is 1. The van der Waals surface area contributed by atoms with Crippen molar-refractivity contribution in [2.45, 2.75) is 6.54 Å². The summed E-state index contributed by atoms with van der Waals surface area (Å²) < 4.78 is 0. The van der Waals surface area contributed by atoms with E-state index in [2.05, 4.69) is 30.2 Å². The zero-order valence-corrected chi connectivity index (χ0v) is 10.2. The van der Waals surface area contributed by atoms with Gasteiger partial charge in [0.2, 0.25) is 0 Å². The molecule has 3 aromatic rings. The van der Waals surface area contributed by atoms with E-state index in [0.717, 1.165) is 0 Å². The van der Waals surface area contributed by atoms with Crippen LogP contribution in [0.1, 0.15) is 16.1 Å². The van der Waals surface area contributed by atoms with Crippen LogP contribution in [0.3, 0.4) is 0 Å². The Morgan fingerprint density at radius 1 is 1.30 bits per heavy atom. The van der Waals surface area contributed by atoms with Gasteiger partial charge < -0.3 is 15.4 Å². The maximum absolute atomic E-state index is 10.9. The lowest BCUT2D eigenvalue weighted by Crippen LogP contribution is -2.06. The summed E-state index contributed by atoms with van der Waals surface area (Å²) in [5.41, 5.74) is 2.07. The topological polar surface area (TPSA) is 117 Å². The van der Waals surface area contributed by atoms with Gasteiger partial charge >= 0.3 is 5.97 Å². The fourth-order valence-corrected chi connectivity index (χ4v) is 1.78. The number of aromatic nitrogens is 5. The highest BCUT2D eigenvalue weighted by molar-refractivity contribution is 5.87. The van der Waals surface area contributed by atoms with Crippen molar-refractivity contribution in [3.8, 4) is 0 Å². The van der Waals surface area contributed by atoms with E-state index in [4.69, 9.17) is 5.11 Å². The molecule has 3 heterocycles. The zero-order valence-electron chi connectivity index (χ0n) is 10.2. The predicted octanol–water partition coefficient (Wildman–Crippen LogP) is 1.06. The molecule has 100 valence electrons. The second kappa shape index (κ2) is 4.92. The summed E-state index contributed by atoms with van der Waals surface area (Å²) >= 11 is 0. The van der Waals surface area contributed by atoms with Crippen molar-refractivity contribution >= 4 is 23.0 Å². The quantitative estimate of drug-likeness (QED) is 0.648. The van der Waals surface area contributed by atoms with Crippen LogP contribution in [-0.2, 0) is 6.54 Å². The number of H-pyrrole nitrogens is 1. The molecule has 8 heteroatoms. The number of anilines is 1. The molecule has 0 spiro atoms. The van der Waals surface area contributed by atoms with E-state index in [-0.39, 0.29) is 5.56 Å². The Balaban J connectivity index is 1.81. The second-order valence-electron chi connectivity index (χ2n) is 4.02. The maximum atomic E-state index is 10.9. The number of nitrogens with one attached hydrogen (secondary N) is 2. The van der Waals surface area contributed by atoms with Crippen LogP contribution in [-0.4, -0.2) is 36.0 Å². The average molecular weight is 270 g/mol. The first-order chi connectivity index (χ1) is 9.74. The molecule has 3 aromatic heterocycles. The number of hydrogen-bond acceptors (Lipinski definition) is 6. The highest BCUT2D eigenvalue weighted by atomic mass is 16.4. The fraction of sp³-hybridized carbons (Fsp3) is 0.0833. The SMILES string of the molecule is O=C(O)c1ccnc(CNc2ncnc3nc[nH]c23)c1. The van der Waals surface area contributed by atoms with E-state index in [9.17, 15) is 4.79 Å². The van der Waals surface area contributed by atoms with Gasteiger partial charge in [0.25, 0.3) is 0 Å². The van der Waals surface area contributed by atoms with E-state index < -0.39 is 5.97 Å². The highest BCUT2D eigenvalue weighted by Gasteiger charge is 2.07. The zero-order chi connectivity index (χ0) is 13.9. The van der Waals surface area contributed by atoms with Gasteiger partial charge in [0.1, 0.15) is 11.8 Å². The van der Waals surface area contributed by atoms with Crippen LogP contribution < -0.4 is 5.32 Å². The molecule has 0 fully saturated rings. The van der Waals surface area contributed by atoms with Crippen molar-refractivity contribution in [1.29, 1.82) is 0 Å². The number of carbonyl (C=O) groups is 1. The second-order valence-corrected chi connectivity index (χ2v) is 4.02. The third kappa shape index (κ3) is 2.26. The van der Waals surface area contributed by atoms with Crippen molar-refractivity contribution in [1.82, 2.24) is 24.9 Å². The third-order valence-corrected chi connectivity index (χ3v) is 2.72. The summed E-state index contributed by atoms with van der Waals surface area (Å²) in [6.07, 6.45) is 4.41. The molecule has 0 amide bonds. The summed E-state index contributed by atoms with van der Waals surface area (Å²) in [6, 6.07) is 2.96. The molecule has 20 heavy (non-hydrogen) atoms. The number of imidazole rings is 1. The fourth-order valence-electron chi connectivity index (χ4n) is 1.78. The molecular formula is C12H10N6O2. The van der Waals surface area contributed by atoms with Gasteiger partial charge in [0.15, 0.2) is 11.5 Å². The van der Waals surface area contributed by atoms with E-state index in [0.29, 0.717) is 29.2 Å². The minimum absolute atomic E-state index is 0.200. The molecule has 0 unspecified atom stereocenters. The summed E-state index contributed by atoms with van der Waals surface area (Å²) in [5, 5.41) is 12.0. The van der Waals surface area contributed by atoms with E-state index in [1.165, 1.54) is 31.0 Å². The van der Waals surface area contributed by atoms with Gasteiger partial charge in [-0.1, -0.05) is 0 Å². The number of pyridine rings is 1. The van der Waals surface area contributed by atoms with E-state index >= 15 is 0 Å². The standard InChI is InChI=1S/C12H10N6O2/c19-12(20)7-1-2-13-8(3-7)4-14-10-9-11(16-5-15-9)18-6-17-10/h1-3,5-6H,4H2,(H,19,20)(H2,14,15,16,17,18). The maximum Gasteiger partial charge on any atom is 0.335 e. The molecule has 0 aliphatic rings. The molecule has 8 nitrogen and oxygen atoms in total. The molecular weight excluding hydrogens is 260 g/mol. The van der Waals surface area contributed by atoms with Crippen molar-refractivity contribution in [2.75, 3.05) is 5.32 Å². The number of aromatic carboxylic acids is 1. The van der Waals surface area contributed by atoms with Crippen LogP contribution in [0, 0.1) is 0 Å². The Hall–Kier alpha value is -3.03. The Morgan fingerprint density at radius 3 is 3.05 bits per heavy atom. The summed E-state index contributed by atoms with van der Waals surface area (Å²) in [5.74, 6) is -0.387. The lowest BCUT2D eigenvalue weighted by Gasteiger charge is -2.06. The van der Waals surface area contributed by atoms with Gasteiger partial charge in [-0.05, 0) is 12.1 Å². The monoisotopic (exact) mass is 270 g/mol. The lowest BCUT2D eigenvalue weighted by molar-refractivity contribution is 0.0696. The largest absolute Gasteiger partial charge is 0.478 e. The van der Waals surface area contributed by atoms with Gasteiger partial charge in [-0.2, -0.15) is 0 Å². The molecule has 0 aliphatic heterocycles. The van der Waals surface area contributed by atoms with Crippen LogP contribution in [0.5, 0.6) is 0 Å². The normalized spacial score (nSPS) is 10.6. The lowest BCUT2D eigenvalue weighted by atomic mass is 10.2. The summed E-state index contributed by atoms with van der Waals surface area (Å²) in [4.78, 5) is 30.1. The Morgan fingerprint density at radius 2 is 2.20 bits per heavy atom. The van der Waals surface area contributed by atoms with Crippen molar-refractivity contribution in [3.63, 3.8) is 0 Å². The van der Waals surface area contributed by atoms with Gasteiger partial charge in [-0.3, -0.25) is 4.98 Å². The van der Waals surface area contributed by atoms with Gasteiger partial charge in [-0.25, -0.2) is 19.7 Å². The minimum atomic E-state index is -0.980. The third-order valence-electron chi connectivity index (χ3n) is 2.72. The number of carboxylic acid groups (broad SMARTS) is 1. The Labute approximate surface area is 112 Å². The van der Waals surface area contributed by atoms with Gasteiger partial charge in [0.05, 0.1) is 24.1 Å². The number of rotatable bonds is 4. The molecule has 0 bridgehead atoms. The van der Waals surface area contributed by atoms with Crippen LogP contribution >= 0.6 is 0 Å². The molecule has 0 saturated heterocycles. The number of hydrogen-bond donors (Lipinski definition) is 3. The summed E-state index contributed by atoms with van der Waals surface area (Å²) in [7, 11) is 0. The number of aromatic amines is 1. The van der Waals surface area contributed by atoms with Gasteiger partial charge in [-0.15, -0.1) is 0 Å². The van der Waals surface area contributed by atoms with Crippen LogP contribution in [0.4, 0.5) is 5.82 Å². The Bertz CT molecular complexity index is 769. The number of carboxylic acids is 1. The molecule has 0 atom stereocenters. The van der Waals surface area contributed by atoms with Crippen LogP contribution in [0.25, 0.3) is 11.2 Å². The molecule has 0 aromatic carbocycles. The van der Waals surface area contributed by atoms with Gasteiger partial charge in [0, 0.05) is 6.20 Å². The first kappa shape index (κ1) is 12.0. The van der Waals surface area contributed by atoms with Crippen molar-refractivity contribution < 1.29 is 9.90 Å². The van der Waals surface area contributed by atoms with Crippen molar-refractivity contribution in [2.24, 2.45) is 0 Å². The smallest absolute Gasteiger partial charge is 0.335 e. The minimum Gasteiger partial charge on any atom is -0.478 e. The number of nitrogens with zero attached hydrogens (tertiary/aromatic N) is 4. The summed E-state index contributed by atoms with van der Waals surface area (Å²) in [6.45, 7) is 0.353. The molecule has 0 aliphatic carbocycles. The first-order valence-electron chi connectivity index (χ1n) is 5.80. The molecule has 3 N–H and O–H groups in total. The van der Waals surface area contributed by atoms with E-state index in [1.54, 1.807) is 0 Å². The van der Waals surface area contributed by atoms with Crippen LogP contribution in [0.2, 0.25) is 0 Å². The first-order valence-corrected chi connectivity index (χ1v) is 5.80. The predicted molar refractivity (Wildman–Crippen MR) is 70.2 cm³/mol. The highest BCUT2D eigenvalue weighted by Crippen LogP contribution is 2.15. The molecule has 0 radical (unpaired) electrons. The average Bonchev–Trinajstić information content (AvgIpc) is 2.94. The Kier molecular flexibility index (Phi) is 2.96.